The van der Waals surface area contributed by atoms with E-state index in [1.165, 1.54) is 12.1 Å². The van der Waals surface area contributed by atoms with Crippen LogP contribution in [0.2, 0.25) is 0 Å². The van der Waals surface area contributed by atoms with Crippen LogP contribution in [0.5, 0.6) is 5.75 Å². The second-order valence-electron chi connectivity index (χ2n) is 3.16. The molecule has 0 aromatic heterocycles. The molecule has 2 N–H and O–H groups in total. The molecular formula is C10H13BrFNO2. The normalized spacial score (nSPS) is 12.5. The Hall–Kier alpha value is -0.810. The fourth-order valence-electron chi connectivity index (χ4n) is 0.944. The maximum atomic E-state index is 13.2. The lowest BCUT2D eigenvalue weighted by Gasteiger charge is -2.13. The van der Waals surface area contributed by atoms with Crippen molar-refractivity contribution in [1.82, 2.24) is 0 Å². The van der Waals surface area contributed by atoms with Gasteiger partial charge < -0.3 is 15.2 Å². The molecule has 0 fully saturated rings. The Bertz CT molecular complexity index is 346. The first-order valence-electron chi connectivity index (χ1n) is 4.44. The van der Waals surface area contributed by atoms with Crippen LogP contribution in [0.4, 0.5) is 10.1 Å². The molecule has 0 heterocycles. The summed E-state index contributed by atoms with van der Waals surface area (Å²) in [4.78, 5) is 0. The molecule has 0 saturated heterocycles. The third-order valence-corrected chi connectivity index (χ3v) is 2.54. The van der Waals surface area contributed by atoms with E-state index < -0.39 is 5.82 Å². The number of nitrogen functional groups attached to an aromatic ring is 1. The van der Waals surface area contributed by atoms with Gasteiger partial charge in [0.15, 0.2) is 0 Å². The monoisotopic (exact) mass is 277 g/mol. The summed E-state index contributed by atoms with van der Waals surface area (Å²) in [5.74, 6) is -0.0659. The molecule has 1 atom stereocenters. The van der Waals surface area contributed by atoms with Crippen LogP contribution in [-0.4, -0.2) is 19.8 Å². The molecule has 84 valence electrons. The lowest BCUT2D eigenvalue weighted by Crippen LogP contribution is -2.16. The van der Waals surface area contributed by atoms with Crippen molar-refractivity contribution < 1.29 is 13.9 Å². The van der Waals surface area contributed by atoms with Gasteiger partial charge in [-0.2, -0.15) is 0 Å². The van der Waals surface area contributed by atoms with Gasteiger partial charge in [0.05, 0.1) is 16.3 Å². The molecule has 1 unspecified atom stereocenters. The highest BCUT2D eigenvalue weighted by Gasteiger charge is 2.08. The Morgan fingerprint density at radius 3 is 2.80 bits per heavy atom. The third kappa shape index (κ3) is 3.35. The summed E-state index contributed by atoms with van der Waals surface area (Å²) < 4.78 is 23.8. The molecule has 3 nitrogen and oxygen atoms in total. The number of halogens is 2. The summed E-state index contributed by atoms with van der Waals surface area (Å²) in [5.41, 5.74) is 6.05. The average molecular weight is 278 g/mol. The highest BCUT2D eigenvalue weighted by Crippen LogP contribution is 2.28. The van der Waals surface area contributed by atoms with Crippen LogP contribution < -0.4 is 10.5 Å². The summed E-state index contributed by atoms with van der Waals surface area (Å²) in [6.07, 6.45) is -0.0592. The van der Waals surface area contributed by atoms with Gasteiger partial charge >= 0.3 is 0 Å². The molecule has 0 aliphatic heterocycles. The van der Waals surface area contributed by atoms with E-state index in [9.17, 15) is 4.39 Å². The Morgan fingerprint density at radius 1 is 1.53 bits per heavy atom. The zero-order chi connectivity index (χ0) is 11.4. The van der Waals surface area contributed by atoms with Gasteiger partial charge in [0.2, 0.25) is 0 Å². The molecule has 15 heavy (non-hydrogen) atoms. The molecular weight excluding hydrogens is 265 g/mol. The minimum absolute atomic E-state index is 0.0592. The lowest BCUT2D eigenvalue weighted by molar-refractivity contribution is 0.0718. The van der Waals surface area contributed by atoms with Crippen LogP contribution in [0.1, 0.15) is 6.92 Å². The van der Waals surface area contributed by atoms with E-state index in [1.54, 1.807) is 7.11 Å². The largest absolute Gasteiger partial charge is 0.489 e. The molecule has 0 aliphatic carbocycles. The Kier molecular flexibility index (Phi) is 4.35. The second kappa shape index (κ2) is 5.32. The van der Waals surface area contributed by atoms with Crippen molar-refractivity contribution in [3.63, 3.8) is 0 Å². The number of benzene rings is 1. The summed E-state index contributed by atoms with van der Waals surface area (Å²) in [6, 6.07) is 2.73. The quantitative estimate of drug-likeness (QED) is 0.861. The SMILES string of the molecule is COC(C)COc1cc(F)c(Br)cc1N. The summed E-state index contributed by atoms with van der Waals surface area (Å²) >= 11 is 3.04. The maximum absolute atomic E-state index is 13.2. The van der Waals surface area contributed by atoms with Crippen molar-refractivity contribution >= 4 is 21.6 Å². The molecule has 0 bridgehead atoms. The Balaban J connectivity index is 2.73. The third-order valence-electron chi connectivity index (χ3n) is 1.93. The summed E-state index contributed by atoms with van der Waals surface area (Å²) in [6.45, 7) is 2.19. The number of methoxy groups -OCH3 is 1. The molecule has 1 aromatic carbocycles. The fraction of sp³-hybridized carbons (Fsp3) is 0.400. The molecule has 1 aromatic rings. The molecule has 0 spiro atoms. The molecule has 0 amide bonds. The zero-order valence-electron chi connectivity index (χ0n) is 8.59. The molecule has 1 rings (SSSR count). The van der Waals surface area contributed by atoms with Crippen LogP contribution in [-0.2, 0) is 4.74 Å². The van der Waals surface area contributed by atoms with Gasteiger partial charge in [-0.1, -0.05) is 0 Å². The van der Waals surface area contributed by atoms with Crippen molar-refractivity contribution in [2.45, 2.75) is 13.0 Å². The number of hydrogen-bond donors (Lipinski definition) is 1. The van der Waals surface area contributed by atoms with Crippen LogP contribution in [0, 0.1) is 5.82 Å². The number of anilines is 1. The van der Waals surface area contributed by atoms with Gasteiger partial charge in [-0.3, -0.25) is 0 Å². The first-order valence-corrected chi connectivity index (χ1v) is 5.24. The van der Waals surface area contributed by atoms with E-state index >= 15 is 0 Å². The van der Waals surface area contributed by atoms with Gasteiger partial charge in [-0.15, -0.1) is 0 Å². The van der Waals surface area contributed by atoms with Crippen molar-refractivity contribution in [3.05, 3.63) is 22.4 Å². The molecule has 0 aliphatic rings. The van der Waals surface area contributed by atoms with Crippen LogP contribution in [0.3, 0.4) is 0 Å². The Morgan fingerprint density at radius 2 is 2.20 bits per heavy atom. The number of ether oxygens (including phenoxy) is 2. The van der Waals surface area contributed by atoms with Gasteiger partial charge in [0, 0.05) is 13.2 Å². The molecule has 0 radical (unpaired) electrons. The van der Waals surface area contributed by atoms with Crippen LogP contribution >= 0.6 is 15.9 Å². The zero-order valence-corrected chi connectivity index (χ0v) is 10.2. The topological polar surface area (TPSA) is 44.5 Å². The van der Waals surface area contributed by atoms with E-state index in [1.807, 2.05) is 6.92 Å². The van der Waals surface area contributed by atoms with Crippen LogP contribution in [0.25, 0.3) is 0 Å². The van der Waals surface area contributed by atoms with Gasteiger partial charge in [-0.05, 0) is 28.9 Å². The molecule has 0 saturated carbocycles. The van der Waals surface area contributed by atoms with E-state index in [0.717, 1.165) is 0 Å². The minimum Gasteiger partial charge on any atom is -0.489 e. The average Bonchev–Trinajstić information content (AvgIpc) is 2.21. The Labute approximate surface area is 96.5 Å². The van der Waals surface area contributed by atoms with Gasteiger partial charge in [0.25, 0.3) is 0 Å². The smallest absolute Gasteiger partial charge is 0.145 e. The summed E-state index contributed by atoms with van der Waals surface area (Å²) in [5, 5.41) is 0. The minimum atomic E-state index is -0.399. The van der Waals surface area contributed by atoms with E-state index in [-0.39, 0.29) is 6.10 Å². The van der Waals surface area contributed by atoms with Crippen molar-refractivity contribution in [2.75, 3.05) is 19.5 Å². The van der Waals surface area contributed by atoms with Crippen molar-refractivity contribution in [3.8, 4) is 5.75 Å². The predicted molar refractivity (Wildman–Crippen MR) is 60.5 cm³/mol. The fourth-order valence-corrected chi connectivity index (χ4v) is 1.31. The summed E-state index contributed by atoms with van der Waals surface area (Å²) in [7, 11) is 1.58. The maximum Gasteiger partial charge on any atom is 0.145 e. The lowest BCUT2D eigenvalue weighted by atomic mass is 10.3. The standard InChI is InChI=1S/C10H13BrFNO2/c1-6(14-2)5-15-10-4-8(12)7(11)3-9(10)13/h3-4,6H,5,13H2,1-2H3. The first kappa shape index (κ1) is 12.3. The van der Waals surface area contributed by atoms with Crippen LogP contribution in [0.15, 0.2) is 16.6 Å². The number of hydrogen-bond acceptors (Lipinski definition) is 3. The van der Waals surface area contributed by atoms with Crippen molar-refractivity contribution in [1.29, 1.82) is 0 Å². The first-order chi connectivity index (χ1) is 7.04. The number of rotatable bonds is 4. The number of nitrogens with two attached hydrogens (primary N) is 1. The van der Waals surface area contributed by atoms with Gasteiger partial charge in [-0.25, -0.2) is 4.39 Å². The molecule has 5 heteroatoms. The van der Waals surface area contributed by atoms with E-state index in [2.05, 4.69) is 15.9 Å². The highest BCUT2D eigenvalue weighted by atomic mass is 79.9. The van der Waals surface area contributed by atoms with E-state index in [4.69, 9.17) is 15.2 Å². The van der Waals surface area contributed by atoms with Crippen molar-refractivity contribution in [2.24, 2.45) is 0 Å². The highest BCUT2D eigenvalue weighted by molar-refractivity contribution is 9.10. The van der Waals surface area contributed by atoms with Gasteiger partial charge in [0.1, 0.15) is 18.2 Å². The second-order valence-corrected chi connectivity index (χ2v) is 4.02. The van der Waals surface area contributed by atoms with E-state index in [0.29, 0.717) is 22.5 Å². The predicted octanol–water partition coefficient (Wildman–Crippen LogP) is 2.58.